The number of carbonyl (C=O) groups excluding carboxylic acids is 1. The lowest BCUT2D eigenvalue weighted by Gasteiger charge is -2.32. The molecule has 0 bridgehead atoms. The molecule has 3 rings (SSSR count). The Kier molecular flexibility index (Phi) is 8.07. The van der Waals surface area contributed by atoms with Crippen LogP contribution >= 0.6 is 23.4 Å². The van der Waals surface area contributed by atoms with Crippen molar-refractivity contribution in [3.63, 3.8) is 0 Å². The highest BCUT2D eigenvalue weighted by molar-refractivity contribution is 8.00. The molecule has 150 valence electrons. The van der Waals surface area contributed by atoms with Gasteiger partial charge in [-0.25, -0.2) is 0 Å². The molecule has 0 saturated carbocycles. The van der Waals surface area contributed by atoms with Crippen LogP contribution in [0.25, 0.3) is 0 Å². The Balaban J connectivity index is 1.29. The number of aryl methyl sites for hydroxylation is 1. The molecule has 1 fully saturated rings. The molecule has 1 aliphatic heterocycles. The number of ether oxygens (including phenoxy) is 1. The van der Waals surface area contributed by atoms with Crippen molar-refractivity contribution >= 4 is 29.3 Å². The van der Waals surface area contributed by atoms with E-state index in [0.29, 0.717) is 17.4 Å². The molecule has 1 amide bonds. The molecule has 0 aromatic heterocycles. The minimum Gasteiger partial charge on any atom is -0.492 e. The third-order valence-corrected chi connectivity index (χ3v) is 6.10. The summed E-state index contributed by atoms with van der Waals surface area (Å²) in [4.78, 5) is 15.7. The van der Waals surface area contributed by atoms with Gasteiger partial charge in [-0.1, -0.05) is 29.3 Å². The second kappa shape index (κ2) is 10.7. The molecule has 1 saturated heterocycles. The van der Waals surface area contributed by atoms with Gasteiger partial charge in [0.1, 0.15) is 12.4 Å². The Bertz CT molecular complexity index is 744. The van der Waals surface area contributed by atoms with Gasteiger partial charge in [0.25, 0.3) is 0 Å². The molecule has 0 atom stereocenters. The van der Waals surface area contributed by atoms with Gasteiger partial charge in [0.2, 0.25) is 5.91 Å². The highest BCUT2D eigenvalue weighted by Gasteiger charge is 2.20. The predicted molar refractivity (Wildman–Crippen MR) is 116 cm³/mol. The first-order valence-electron chi connectivity index (χ1n) is 9.68. The number of amides is 1. The van der Waals surface area contributed by atoms with Crippen molar-refractivity contribution in [2.45, 2.75) is 30.7 Å². The van der Waals surface area contributed by atoms with Gasteiger partial charge in [-0.3, -0.25) is 9.69 Å². The molecular weight excluding hydrogens is 392 g/mol. The third kappa shape index (κ3) is 7.04. The first kappa shape index (κ1) is 21.0. The number of nitrogens with zero attached hydrogens (tertiary/aromatic N) is 1. The maximum absolute atomic E-state index is 12.2. The van der Waals surface area contributed by atoms with E-state index < -0.39 is 0 Å². The number of benzene rings is 2. The number of piperidine rings is 1. The first-order chi connectivity index (χ1) is 13.6. The molecule has 1 heterocycles. The maximum Gasteiger partial charge on any atom is 0.230 e. The second-order valence-electron chi connectivity index (χ2n) is 7.09. The van der Waals surface area contributed by atoms with Crippen LogP contribution in [0.3, 0.4) is 0 Å². The van der Waals surface area contributed by atoms with Gasteiger partial charge < -0.3 is 10.1 Å². The largest absolute Gasteiger partial charge is 0.492 e. The topological polar surface area (TPSA) is 41.6 Å². The molecule has 4 nitrogen and oxygen atoms in total. The van der Waals surface area contributed by atoms with Crippen LogP contribution in [0.5, 0.6) is 5.75 Å². The molecule has 2 aromatic rings. The molecular formula is C22H27ClN2O2S. The quantitative estimate of drug-likeness (QED) is 0.645. The van der Waals surface area contributed by atoms with Crippen LogP contribution in [0.4, 0.5) is 0 Å². The number of nitrogens with one attached hydrogen (secondary N) is 1. The van der Waals surface area contributed by atoms with Crippen LogP contribution in [0, 0.1) is 6.92 Å². The maximum atomic E-state index is 12.2. The summed E-state index contributed by atoms with van der Waals surface area (Å²) in [6.45, 7) is 5.59. The van der Waals surface area contributed by atoms with E-state index in [9.17, 15) is 4.79 Å². The van der Waals surface area contributed by atoms with Crippen molar-refractivity contribution in [3.8, 4) is 5.75 Å². The lowest BCUT2D eigenvalue weighted by Crippen LogP contribution is -2.46. The van der Waals surface area contributed by atoms with Crippen LogP contribution in [0.1, 0.15) is 18.4 Å². The van der Waals surface area contributed by atoms with Gasteiger partial charge in [0.05, 0.1) is 5.75 Å². The van der Waals surface area contributed by atoms with E-state index in [1.807, 2.05) is 24.3 Å². The number of hydrogen-bond acceptors (Lipinski definition) is 4. The van der Waals surface area contributed by atoms with Gasteiger partial charge in [-0.15, -0.1) is 11.8 Å². The van der Waals surface area contributed by atoms with E-state index in [4.69, 9.17) is 16.3 Å². The Morgan fingerprint density at radius 3 is 2.50 bits per heavy atom. The summed E-state index contributed by atoms with van der Waals surface area (Å²) in [6, 6.07) is 16.0. The number of hydrogen-bond donors (Lipinski definition) is 1. The van der Waals surface area contributed by atoms with E-state index in [1.165, 1.54) is 5.56 Å². The van der Waals surface area contributed by atoms with Crippen LogP contribution in [0.15, 0.2) is 53.4 Å². The van der Waals surface area contributed by atoms with Crippen LogP contribution < -0.4 is 10.1 Å². The van der Waals surface area contributed by atoms with E-state index in [-0.39, 0.29) is 11.9 Å². The molecule has 28 heavy (non-hydrogen) atoms. The molecule has 2 aromatic carbocycles. The first-order valence-corrected chi connectivity index (χ1v) is 11.0. The Hall–Kier alpha value is -1.69. The van der Waals surface area contributed by atoms with Crippen molar-refractivity contribution in [3.05, 3.63) is 59.1 Å². The van der Waals surface area contributed by atoms with Gasteiger partial charge >= 0.3 is 0 Å². The zero-order chi connectivity index (χ0) is 19.8. The number of rotatable bonds is 8. The highest BCUT2D eigenvalue weighted by Crippen LogP contribution is 2.19. The molecule has 0 radical (unpaired) electrons. The van der Waals surface area contributed by atoms with E-state index >= 15 is 0 Å². The van der Waals surface area contributed by atoms with E-state index in [1.54, 1.807) is 11.8 Å². The Morgan fingerprint density at radius 1 is 1.14 bits per heavy atom. The number of halogens is 1. The zero-order valence-corrected chi connectivity index (χ0v) is 17.8. The van der Waals surface area contributed by atoms with Crippen LogP contribution in [0.2, 0.25) is 5.02 Å². The SMILES string of the molecule is Cc1ccc(SCC(=O)NC2CCN(CCOc3ccc(Cl)cc3)CC2)cc1. The number of likely N-dealkylation sites (tertiary alicyclic amines) is 1. The van der Waals surface area contributed by atoms with Crippen molar-refractivity contribution in [1.29, 1.82) is 0 Å². The summed E-state index contributed by atoms with van der Waals surface area (Å²) < 4.78 is 5.76. The Morgan fingerprint density at radius 2 is 1.82 bits per heavy atom. The highest BCUT2D eigenvalue weighted by atomic mass is 35.5. The number of carbonyl (C=O) groups is 1. The Labute approximate surface area is 176 Å². The minimum absolute atomic E-state index is 0.120. The van der Waals surface area contributed by atoms with Crippen LogP contribution in [-0.2, 0) is 4.79 Å². The molecule has 0 spiro atoms. The molecule has 0 unspecified atom stereocenters. The summed E-state index contributed by atoms with van der Waals surface area (Å²) in [6.07, 6.45) is 1.98. The summed E-state index contributed by atoms with van der Waals surface area (Å²) in [7, 11) is 0. The summed E-state index contributed by atoms with van der Waals surface area (Å²) >= 11 is 7.47. The lowest BCUT2D eigenvalue weighted by atomic mass is 10.1. The molecule has 1 aliphatic rings. The number of thioether (sulfide) groups is 1. The average Bonchev–Trinajstić information content (AvgIpc) is 2.70. The fraction of sp³-hybridized carbons (Fsp3) is 0.409. The van der Waals surface area contributed by atoms with Gasteiger partial charge in [-0.2, -0.15) is 0 Å². The van der Waals surface area contributed by atoms with Crippen molar-refractivity contribution < 1.29 is 9.53 Å². The molecule has 0 aliphatic carbocycles. The fourth-order valence-corrected chi connectivity index (χ4v) is 4.01. The van der Waals surface area contributed by atoms with E-state index in [2.05, 4.69) is 41.4 Å². The summed E-state index contributed by atoms with van der Waals surface area (Å²) in [5.41, 5.74) is 1.24. The van der Waals surface area contributed by atoms with Gasteiger partial charge in [-0.05, 0) is 56.2 Å². The van der Waals surface area contributed by atoms with Crippen LogP contribution in [-0.4, -0.2) is 48.8 Å². The average molecular weight is 419 g/mol. The van der Waals surface area contributed by atoms with Gasteiger partial charge in [0.15, 0.2) is 0 Å². The van der Waals surface area contributed by atoms with Crippen molar-refractivity contribution in [2.24, 2.45) is 0 Å². The third-order valence-electron chi connectivity index (χ3n) is 4.83. The van der Waals surface area contributed by atoms with Crippen molar-refractivity contribution in [2.75, 3.05) is 32.0 Å². The minimum atomic E-state index is 0.120. The monoisotopic (exact) mass is 418 g/mol. The summed E-state index contributed by atoms with van der Waals surface area (Å²) in [5.74, 6) is 1.44. The fourth-order valence-electron chi connectivity index (χ4n) is 3.18. The standard InChI is InChI=1S/C22H27ClN2O2S/c1-17-2-8-21(9-3-17)28-16-22(26)24-19-10-12-25(13-11-19)14-15-27-20-6-4-18(23)5-7-20/h2-9,19H,10-16H2,1H3,(H,24,26). The normalized spacial score (nSPS) is 15.4. The second-order valence-corrected chi connectivity index (χ2v) is 8.57. The van der Waals surface area contributed by atoms with E-state index in [0.717, 1.165) is 43.1 Å². The predicted octanol–water partition coefficient (Wildman–Crippen LogP) is 4.40. The molecule has 6 heteroatoms. The van der Waals surface area contributed by atoms with Crippen molar-refractivity contribution in [1.82, 2.24) is 10.2 Å². The zero-order valence-electron chi connectivity index (χ0n) is 16.2. The smallest absolute Gasteiger partial charge is 0.230 e. The van der Waals surface area contributed by atoms with Gasteiger partial charge in [0, 0.05) is 35.6 Å². The summed E-state index contributed by atoms with van der Waals surface area (Å²) in [5, 5.41) is 3.89. The molecule has 1 N–H and O–H groups in total. The lowest BCUT2D eigenvalue weighted by molar-refractivity contribution is -0.119.